The minimum absolute atomic E-state index is 0.0783. The van der Waals surface area contributed by atoms with Gasteiger partial charge in [-0.3, -0.25) is 18.6 Å². The normalized spacial score (nSPS) is 10.6. The van der Waals surface area contributed by atoms with Gasteiger partial charge in [0.15, 0.2) is 15.1 Å². The molecule has 394 valence electrons. The van der Waals surface area contributed by atoms with E-state index in [1.54, 1.807) is 6.92 Å². The zero-order valence-electron chi connectivity index (χ0n) is 45.4. The van der Waals surface area contributed by atoms with Crippen LogP contribution in [0.3, 0.4) is 0 Å². The lowest BCUT2D eigenvalue weighted by molar-refractivity contribution is -0.141. The minimum atomic E-state index is -3.57. The van der Waals surface area contributed by atoms with Gasteiger partial charge in [0.25, 0.3) is 10.1 Å². The quantitative estimate of drug-likeness (QED) is 0.0959. The number of esters is 2. The lowest BCUT2D eigenvalue weighted by Gasteiger charge is -2.26. The number of carbonyl (C=O) groups excluding carboxylic acids is 3. The van der Waals surface area contributed by atoms with Crippen molar-refractivity contribution in [3.63, 3.8) is 0 Å². The second-order valence-electron chi connectivity index (χ2n) is 17.1. The van der Waals surface area contributed by atoms with Gasteiger partial charge in [0.1, 0.15) is 5.78 Å². The maximum Gasteiger partial charge on any atom is 0.324 e. The SMILES string of the molecule is CC(C)c1ccccc1.CCC(=O)OC.CCc1ccccc1.COC(=O)C(CC(C)=O)S(C)(=O)=O.COS(C)(=O)=O.Cc1ccc(C(C)(C)c2ccccc2)cc1.Cc1ccccc1.Cc1ccccc1. The third-order valence-electron chi connectivity index (χ3n) is 10.1. The second kappa shape index (κ2) is 38.5. The number of benzene rings is 6. The molecule has 0 heterocycles. The van der Waals surface area contributed by atoms with E-state index < -0.39 is 31.2 Å². The average molecular weight is 1030 g/mol. The Morgan fingerprint density at radius 2 is 0.875 bits per heavy atom. The Hall–Kier alpha value is -6.21. The molecule has 6 rings (SSSR count). The van der Waals surface area contributed by atoms with Crippen LogP contribution in [0, 0.1) is 20.8 Å². The van der Waals surface area contributed by atoms with E-state index in [-0.39, 0.29) is 23.6 Å². The number of ether oxygens (including phenoxy) is 2. The molecule has 0 saturated heterocycles. The highest BCUT2D eigenvalue weighted by molar-refractivity contribution is 7.92. The van der Waals surface area contributed by atoms with Crippen LogP contribution in [0.5, 0.6) is 0 Å². The van der Waals surface area contributed by atoms with Gasteiger partial charge in [-0.15, -0.1) is 0 Å². The molecule has 0 bridgehead atoms. The molecule has 72 heavy (non-hydrogen) atoms. The highest BCUT2D eigenvalue weighted by Gasteiger charge is 2.31. The summed E-state index contributed by atoms with van der Waals surface area (Å²) in [6, 6.07) is 61.0. The molecule has 0 N–H and O–H groups in total. The van der Waals surface area contributed by atoms with Crippen molar-refractivity contribution in [3.8, 4) is 0 Å². The van der Waals surface area contributed by atoms with Crippen molar-refractivity contribution in [3.05, 3.63) is 215 Å². The summed E-state index contributed by atoms with van der Waals surface area (Å²) in [6.45, 7) is 20.4. The minimum Gasteiger partial charge on any atom is -0.469 e. The molecule has 0 aliphatic heterocycles. The van der Waals surface area contributed by atoms with E-state index in [4.69, 9.17) is 0 Å². The molecule has 0 spiro atoms. The third-order valence-corrected chi connectivity index (χ3v) is 12.1. The zero-order valence-corrected chi connectivity index (χ0v) is 47.1. The van der Waals surface area contributed by atoms with Crippen LogP contribution in [0.1, 0.15) is 106 Å². The van der Waals surface area contributed by atoms with E-state index in [0.29, 0.717) is 12.3 Å². The van der Waals surface area contributed by atoms with Gasteiger partial charge in [-0.2, -0.15) is 8.42 Å². The largest absolute Gasteiger partial charge is 0.469 e. The van der Waals surface area contributed by atoms with Crippen molar-refractivity contribution >= 4 is 37.7 Å². The lowest BCUT2D eigenvalue weighted by Crippen LogP contribution is -2.32. The summed E-state index contributed by atoms with van der Waals surface area (Å²) in [4.78, 5) is 31.5. The van der Waals surface area contributed by atoms with Crippen molar-refractivity contribution in [2.75, 3.05) is 33.8 Å². The van der Waals surface area contributed by atoms with Crippen molar-refractivity contribution < 1.29 is 44.9 Å². The smallest absolute Gasteiger partial charge is 0.324 e. The van der Waals surface area contributed by atoms with Crippen LogP contribution < -0.4 is 0 Å². The lowest BCUT2D eigenvalue weighted by atomic mass is 9.78. The first-order valence-electron chi connectivity index (χ1n) is 23.6. The van der Waals surface area contributed by atoms with E-state index in [1.807, 2.05) is 48.5 Å². The van der Waals surface area contributed by atoms with Crippen molar-refractivity contribution in [1.29, 1.82) is 0 Å². The molecule has 0 saturated carbocycles. The van der Waals surface area contributed by atoms with Gasteiger partial charge < -0.3 is 9.47 Å². The maximum absolute atomic E-state index is 11.0. The van der Waals surface area contributed by atoms with Crippen LogP contribution in [0.4, 0.5) is 0 Å². The van der Waals surface area contributed by atoms with E-state index in [0.717, 1.165) is 33.2 Å². The Morgan fingerprint density at radius 1 is 0.528 bits per heavy atom. The number of ketones is 1. The standard InChI is InChI=1S/C16H18.C9H12.C8H10.C7H12O5S.2C7H8.C4H8O2.C2H6O3S/c1-13-9-11-15(12-10-13)16(2,3)14-7-5-4-6-8-14;1-8(2)9-6-4-3-5-7-9;1-2-8-6-4-3-5-7-8;1-5(8)4-6(7(9)12-2)13(3,10)11;2*1-7-5-3-2-4-6-7;1-3-4(5)6-2;1-5-6(2,3)4/h4-12H,1-3H3;3-8H,1-2H3;3-7H,2H2,1H3;6H,4H2,1-3H3;2*2-6H,1H3;3H2,1-2H3;1-2H3. The number of hydrogen-bond donors (Lipinski definition) is 0. The molecule has 0 radical (unpaired) electrons. The first-order valence-corrected chi connectivity index (χ1v) is 27.4. The van der Waals surface area contributed by atoms with E-state index in [9.17, 15) is 31.2 Å². The van der Waals surface area contributed by atoms with Gasteiger partial charge in [0.05, 0.1) is 27.6 Å². The Labute approximate surface area is 434 Å². The molecular weight excluding hydrogens is 945 g/mol. The summed E-state index contributed by atoms with van der Waals surface area (Å²) >= 11 is 0. The number of aryl methyl sites for hydroxylation is 4. The molecule has 10 nitrogen and oxygen atoms in total. The summed E-state index contributed by atoms with van der Waals surface area (Å²) in [5.41, 5.74) is 9.58. The van der Waals surface area contributed by atoms with Crippen molar-refractivity contribution in [2.45, 2.75) is 105 Å². The topological polar surface area (TPSA) is 147 Å². The highest BCUT2D eigenvalue weighted by atomic mass is 32.2. The van der Waals surface area contributed by atoms with E-state index in [1.165, 1.54) is 53.0 Å². The van der Waals surface area contributed by atoms with Gasteiger partial charge >= 0.3 is 11.9 Å². The van der Waals surface area contributed by atoms with Crippen LogP contribution in [0.15, 0.2) is 176 Å². The molecule has 0 aromatic heterocycles. The fourth-order valence-corrected chi connectivity index (χ4v) is 6.54. The summed E-state index contributed by atoms with van der Waals surface area (Å²) in [7, 11) is -3.14. The van der Waals surface area contributed by atoms with E-state index >= 15 is 0 Å². The summed E-state index contributed by atoms with van der Waals surface area (Å²) in [6.07, 6.45) is 3.17. The molecule has 1 atom stereocenters. The first kappa shape index (κ1) is 67.9. The molecule has 6 aromatic carbocycles. The van der Waals surface area contributed by atoms with Crippen LogP contribution in [0.2, 0.25) is 0 Å². The van der Waals surface area contributed by atoms with Crippen LogP contribution in [0.25, 0.3) is 0 Å². The molecular formula is C60H82O10S2. The summed E-state index contributed by atoms with van der Waals surface area (Å²) < 4.78 is 54.0. The third kappa shape index (κ3) is 35.0. The average Bonchev–Trinajstić information content (AvgIpc) is 3.37. The molecule has 12 heteroatoms. The van der Waals surface area contributed by atoms with Crippen LogP contribution in [-0.2, 0) is 59.8 Å². The monoisotopic (exact) mass is 1030 g/mol. The van der Waals surface area contributed by atoms with Gasteiger partial charge in [-0.25, -0.2) is 8.42 Å². The number of methoxy groups -OCH3 is 2. The first-order chi connectivity index (χ1) is 33.8. The number of hydrogen-bond acceptors (Lipinski definition) is 10. The molecule has 0 aliphatic carbocycles. The molecule has 1 unspecified atom stereocenters. The summed E-state index contributed by atoms with van der Waals surface area (Å²) in [5.74, 6) is -0.750. The fraction of sp³-hybridized carbons (Fsp3) is 0.350. The zero-order chi connectivity index (χ0) is 55.2. The molecule has 6 aromatic rings. The number of sulfone groups is 1. The van der Waals surface area contributed by atoms with Gasteiger partial charge in [0, 0.05) is 24.5 Å². The number of Topliss-reactive ketones (excluding diaryl/α,β-unsaturated/α-hetero) is 1. The van der Waals surface area contributed by atoms with Crippen LogP contribution >= 0.6 is 0 Å². The number of carbonyl (C=O) groups is 3. The summed E-state index contributed by atoms with van der Waals surface area (Å²) in [5, 5.41) is -1.37. The second-order valence-corrected chi connectivity index (χ2v) is 21.1. The van der Waals surface area contributed by atoms with Gasteiger partial charge in [-0.1, -0.05) is 234 Å². The predicted octanol–water partition coefficient (Wildman–Crippen LogP) is 13.1. The molecule has 0 amide bonds. The van der Waals surface area contributed by atoms with E-state index in [2.05, 4.69) is 196 Å². The fourth-order valence-electron chi connectivity index (χ4n) is 5.56. The Kier molecular flexibility index (Phi) is 36.3. The maximum atomic E-state index is 11.0. The Morgan fingerprint density at radius 3 is 1.11 bits per heavy atom. The molecule has 0 fully saturated rings. The van der Waals surface area contributed by atoms with Gasteiger partial charge in [-0.05, 0) is 62.3 Å². The van der Waals surface area contributed by atoms with Crippen molar-refractivity contribution in [1.82, 2.24) is 0 Å². The molecule has 0 aliphatic rings. The van der Waals surface area contributed by atoms with Crippen LogP contribution in [-0.4, -0.2) is 73.6 Å². The Balaban J connectivity index is 0. The number of rotatable bonds is 10. The predicted molar refractivity (Wildman–Crippen MR) is 299 cm³/mol. The Bertz CT molecular complexity index is 2490. The van der Waals surface area contributed by atoms with Gasteiger partial charge in [0.2, 0.25) is 0 Å². The highest BCUT2D eigenvalue weighted by Crippen LogP contribution is 2.31. The van der Waals surface area contributed by atoms with Crippen molar-refractivity contribution in [2.24, 2.45) is 0 Å².